The van der Waals surface area contributed by atoms with Crippen LogP contribution in [-0.4, -0.2) is 46.0 Å². The average Bonchev–Trinajstić information content (AvgIpc) is 2.52. The van der Waals surface area contributed by atoms with E-state index in [0.29, 0.717) is 0 Å². The van der Waals surface area contributed by atoms with Crippen LogP contribution >= 0.6 is 0 Å². The monoisotopic (exact) mass is 283 g/mol. The molecular weight excluding hydrogens is 262 g/mol. The molecule has 110 valence electrons. The average molecular weight is 283 g/mol. The molecule has 0 unspecified atom stereocenters. The Labute approximate surface area is 125 Å². The lowest BCUT2D eigenvalue weighted by Crippen LogP contribution is -2.46. The zero-order chi connectivity index (χ0) is 14.7. The van der Waals surface area contributed by atoms with Gasteiger partial charge in [0.05, 0.1) is 11.4 Å². The van der Waals surface area contributed by atoms with Crippen molar-refractivity contribution in [2.24, 2.45) is 0 Å². The van der Waals surface area contributed by atoms with Crippen LogP contribution in [0.1, 0.15) is 17.0 Å². The number of nitrogens with zero attached hydrogens (tertiary/aromatic N) is 5. The van der Waals surface area contributed by atoms with Crippen molar-refractivity contribution < 1.29 is 0 Å². The highest BCUT2D eigenvalue weighted by Gasteiger charge is 2.19. The maximum absolute atomic E-state index is 4.64. The number of aryl methyl sites for hydroxylation is 2. The van der Waals surface area contributed by atoms with Gasteiger partial charge in [0.1, 0.15) is 5.82 Å². The van der Waals surface area contributed by atoms with Crippen molar-refractivity contribution in [3.63, 3.8) is 0 Å². The molecule has 0 radical (unpaired) electrons. The van der Waals surface area contributed by atoms with Crippen molar-refractivity contribution in [2.45, 2.75) is 20.4 Å². The molecule has 0 aromatic carbocycles. The number of rotatable bonds is 3. The quantitative estimate of drug-likeness (QED) is 0.859. The molecule has 0 amide bonds. The Morgan fingerprint density at radius 2 is 1.76 bits per heavy atom. The fourth-order valence-corrected chi connectivity index (χ4v) is 2.69. The summed E-state index contributed by atoms with van der Waals surface area (Å²) in [6.45, 7) is 9.14. The molecule has 1 fully saturated rings. The zero-order valence-corrected chi connectivity index (χ0v) is 12.7. The molecule has 0 bridgehead atoms. The van der Waals surface area contributed by atoms with E-state index >= 15 is 0 Å². The minimum atomic E-state index is 0.981. The van der Waals surface area contributed by atoms with Gasteiger partial charge in [-0.1, -0.05) is 0 Å². The third kappa shape index (κ3) is 3.36. The Morgan fingerprint density at radius 3 is 2.48 bits per heavy atom. The minimum Gasteiger partial charge on any atom is -0.353 e. The maximum atomic E-state index is 4.64. The molecule has 0 N–H and O–H groups in total. The molecule has 5 nitrogen and oxygen atoms in total. The van der Waals surface area contributed by atoms with E-state index in [1.54, 1.807) is 0 Å². The summed E-state index contributed by atoms with van der Waals surface area (Å²) in [5.41, 5.74) is 3.32. The Hall–Kier alpha value is -2.01. The Bertz CT molecular complexity index is 591. The molecule has 0 aliphatic carbocycles. The fourth-order valence-electron chi connectivity index (χ4n) is 2.69. The highest BCUT2D eigenvalue weighted by atomic mass is 15.3. The Balaban J connectivity index is 1.61. The Morgan fingerprint density at radius 1 is 1.05 bits per heavy atom. The third-order valence-electron chi connectivity index (χ3n) is 3.88. The van der Waals surface area contributed by atoms with Crippen molar-refractivity contribution in [3.05, 3.63) is 47.7 Å². The summed E-state index contributed by atoms with van der Waals surface area (Å²) in [7, 11) is 0. The molecule has 0 spiro atoms. The second kappa shape index (κ2) is 6.18. The molecule has 2 aromatic rings. The van der Waals surface area contributed by atoms with Gasteiger partial charge < -0.3 is 4.90 Å². The lowest BCUT2D eigenvalue weighted by atomic mass is 10.2. The second-order valence-electron chi connectivity index (χ2n) is 5.54. The number of aromatic nitrogens is 3. The van der Waals surface area contributed by atoms with Crippen LogP contribution in [-0.2, 0) is 6.54 Å². The van der Waals surface area contributed by atoms with Gasteiger partial charge in [0, 0.05) is 51.3 Å². The van der Waals surface area contributed by atoms with Gasteiger partial charge in [-0.25, -0.2) is 4.98 Å². The topological polar surface area (TPSA) is 45.2 Å². The predicted octanol–water partition coefficient (Wildman–Crippen LogP) is 1.81. The van der Waals surface area contributed by atoms with Crippen LogP contribution < -0.4 is 4.90 Å². The second-order valence-corrected chi connectivity index (χ2v) is 5.54. The van der Waals surface area contributed by atoms with Crippen LogP contribution in [0.4, 0.5) is 5.82 Å². The molecule has 1 aliphatic rings. The molecule has 0 saturated carbocycles. The van der Waals surface area contributed by atoms with Crippen molar-refractivity contribution >= 4 is 5.82 Å². The number of anilines is 1. The standard InChI is InChI=1S/C16H21N5/c1-13-11-18-14(2)16(19-13)21-9-7-20(8-10-21)12-15-3-5-17-6-4-15/h3-6,11H,7-10,12H2,1-2H3. The first kappa shape index (κ1) is 13.9. The highest BCUT2D eigenvalue weighted by Crippen LogP contribution is 2.18. The van der Waals surface area contributed by atoms with Crippen molar-refractivity contribution in [1.29, 1.82) is 0 Å². The molecule has 3 rings (SSSR count). The van der Waals surface area contributed by atoms with Crippen LogP contribution in [0.3, 0.4) is 0 Å². The number of pyridine rings is 1. The SMILES string of the molecule is Cc1cnc(C)c(N2CCN(Cc3ccncc3)CC2)n1. The molecule has 1 aliphatic heterocycles. The molecule has 0 atom stereocenters. The lowest BCUT2D eigenvalue weighted by molar-refractivity contribution is 0.249. The van der Waals surface area contributed by atoms with Crippen molar-refractivity contribution in [2.75, 3.05) is 31.1 Å². The third-order valence-corrected chi connectivity index (χ3v) is 3.88. The maximum Gasteiger partial charge on any atom is 0.150 e. The smallest absolute Gasteiger partial charge is 0.150 e. The highest BCUT2D eigenvalue weighted by molar-refractivity contribution is 5.43. The summed E-state index contributed by atoms with van der Waals surface area (Å²) < 4.78 is 0. The van der Waals surface area contributed by atoms with Crippen LogP contribution in [0, 0.1) is 13.8 Å². The van der Waals surface area contributed by atoms with E-state index in [9.17, 15) is 0 Å². The van der Waals surface area contributed by atoms with E-state index in [4.69, 9.17) is 0 Å². The van der Waals surface area contributed by atoms with Gasteiger partial charge in [0.25, 0.3) is 0 Å². The molecule has 21 heavy (non-hydrogen) atoms. The lowest BCUT2D eigenvalue weighted by Gasteiger charge is -2.35. The van der Waals surface area contributed by atoms with Crippen LogP contribution in [0.2, 0.25) is 0 Å². The predicted molar refractivity (Wildman–Crippen MR) is 83.2 cm³/mol. The normalized spacial score (nSPS) is 16.2. The van der Waals surface area contributed by atoms with Crippen LogP contribution in [0.25, 0.3) is 0 Å². The Kier molecular flexibility index (Phi) is 4.10. The summed E-state index contributed by atoms with van der Waals surface area (Å²) >= 11 is 0. The fraction of sp³-hybridized carbons (Fsp3) is 0.438. The van der Waals surface area contributed by atoms with Gasteiger partial charge in [0.15, 0.2) is 0 Å². The van der Waals surface area contributed by atoms with E-state index in [0.717, 1.165) is 49.9 Å². The largest absolute Gasteiger partial charge is 0.353 e. The van der Waals surface area contributed by atoms with E-state index in [2.05, 4.69) is 36.9 Å². The van der Waals surface area contributed by atoms with Gasteiger partial charge in [0.2, 0.25) is 0 Å². The zero-order valence-electron chi connectivity index (χ0n) is 12.7. The van der Waals surface area contributed by atoms with E-state index in [1.807, 2.05) is 32.4 Å². The molecule has 2 aromatic heterocycles. The van der Waals surface area contributed by atoms with Gasteiger partial charge in [-0.05, 0) is 31.5 Å². The first-order chi connectivity index (χ1) is 10.2. The first-order valence-electron chi connectivity index (χ1n) is 7.39. The summed E-state index contributed by atoms with van der Waals surface area (Å²) in [5.74, 6) is 1.04. The summed E-state index contributed by atoms with van der Waals surface area (Å²) in [4.78, 5) is 17.9. The summed E-state index contributed by atoms with van der Waals surface area (Å²) in [6, 6.07) is 4.17. The van der Waals surface area contributed by atoms with E-state index in [1.165, 1.54) is 5.56 Å². The summed E-state index contributed by atoms with van der Waals surface area (Å²) in [6.07, 6.45) is 5.55. The molecule has 1 saturated heterocycles. The van der Waals surface area contributed by atoms with Gasteiger partial charge in [-0.15, -0.1) is 0 Å². The minimum absolute atomic E-state index is 0.981. The van der Waals surface area contributed by atoms with Crippen molar-refractivity contribution in [1.82, 2.24) is 19.9 Å². The van der Waals surface area contributed by atoms with Gasteiger partial charge in [-0.2, -0.15) is 0 Å². The van der Waals surface area contributed by atoms with E-state index < -0.39 is 0 Å². The van der Waals surface area contributed by atoms with Crippen LogP contribution in [0.5, 0.6) is 0 Å². The van der Waals surface area contributed by atoms with E-state index in [-0.39, 0.29) is 0 Å². The van der Waals surface area contributed by atoms with Gasteiger partial charge in [-0.3, -0.25) is 14.9 Å². The van der Waals surface area contributed by atoms with Crippen LogP contribution in [0.15, 0.2) is 30.7 Å². The van der Waals surface area contributed by atoms with Crippen molar-refractivity contribution in [3.8, 4) is 0 Å². The summed E-state index contributed by atoms with van der Waals surface area (Å²) in [5, 5.41) is 0. The molecule has 3 heterocycles. The molecular formula is C16H21N5. The molecule has 5 heteroatoms. The number of hydrogen-bond donors (Lipinski definition) is 0. The first-order valence-corrected chi connectivity index (χ1v) is 7.39. The van der Waals surface area contributed by atoms with Gasteiger partial charge >= 0.3 is 0 Å². The number of hydrogen-bond acceptors (Lipinski definition) is 5. The number of piperazine rings is 1.